The van der Waals surface area contributed by atoms with Crippen molar-refractivity contribution in [2.24, 2.45) is 0 Å². The highest BCUT2D eigenvalue weighted by Gasteiger charge is 2.02. The van der Waals surface area contributed by atoms with Crippen LogP contribution in [0.4, 0.5) is 0 Å². The van der Waals surface area contributed by atoms with E-state index in [2.05, 4.69) is 21.1 Å². The van der Waals surface area contributed by atoms with Crippen LogP contribution in [0.5, 0.6) is 0 Å². The third-order valence-corrected chi connectivity index (χ3v) is 0.771. The third-order valence-electron chi connectivity index (χ3n) is 0.771. The van der Waals surface area contributed by atoms with Gasteiger partial charge in [-0.05, 0) is 0 Å². The molecule has 17 heteroatoms. The van der Waals surface area contributed by atoms with Crippen LogP contribution in [-0.2, 0) is 13.7 Å². The third kappa shape index (κ3) is 415. The molecule has 0 unspecified atom stereocenters. The summed E-state index contributed by atoms with van der Waals surface area (Å²) in [5.74, 6) is 0. The molecule has 0 aromatic heterocycles. The first-order chi connectivity index (χ1) is 9.06. The van der Waals surface area contributed by atoms with Gasteiger partial charge in [0, 0.05) is 0 Å². The number of nitrogens with zero attached hydrogens (tertiary/aromatic N) is 1. The fourth-order valence-electron chi connectivity index (χ4n) is 0.300. The van der Waals surface area contributed by atoms with E-state index < -0.39 is 23.5 Å². The lowest BCUT2D eigenvalue weighted by Crippen LogP contribution is -2.36. The van der Waals surface area contributed by atoms with Crippen molar-refractivity contribution >= 4 is 23.5 Å². The summed E-state index contributed by atoms with van der Waals surface area (Å²) < 4.78 is 26.5. The molecule has 14 nitrogen and oxygen atoms in total. The second-order valence-electron chi connectivity index (χ2n) is 4.08. The second-order valence-corrected chi connectivity index (χ2v) is 6.76. The van der Waals surface area contributed by atoms with Gasteiger partial charge in [-0.3, -0.25) is 0 Å². The SMILES string of the molecule is C[N+](C)(C)CCO.O=P([O-])([O-])[O-].O=P([O-])([O-])[O-].O=P([O-])([O-])[O-]. The van der Waals surface area contributed by atoms with E-state index in [9.17, 15) is 0 Å². The van der Waals surface area contributed by atoms with E-state index in [1.807, 2.05) is 0 Å². The fourth-order valence-corrected chi connectivity index (χ4v) is 0.300. The minimum Gasteiger partial charge on any atom is -0.822 e. The Morgan fingerprint density at radius 2 is 0.818 bits per heavy atom. The van der Waals surface area contributed by atoms with Crippen molar-refractivity contribution in [3.63, 3.8) is 0 Å². The Morgan fingerprint density at radius 3 is 0.818 bits per heavy atom. The molecule has 22 heavy (non-hydrogen) atoms. The molecule has 1 N–H and O–H groups in total. The number of hydrogen-bond donors (Lipinski definition) is 1. The van der Waals surface area contributed by atoms with Gasteiger partial charge in [-0.25, -0.2) is 0 Å². The monoisotopic (exact) mass is 389 g/mol. The molecule has 0 heterocycles. The Balaban J connectivity index is -0.0000000995. The van der Waals surface area contributed by atoms with E-state index in [-0.39, 0.29) is 6.61 Å². The zero-order valence-electron chi connectivity index (χ0n) is 11.5. The van der Waals surface area contributed by atoms with Gasteiger partial charge in [0.2, 0.25) is 0 Å². The first-order valence-electron chi connectivity index (χ1n) is 4.66. The molecule has 0 aliphatic rings. The van der Waals surface area contributed by atoms with Crippen LogP contribution in [0.2, 0.25) is 0 Å². The lowest BCUT2D eigenvalue weighted by molar-refractivity contribution is -0.870. The average molecular weight is 389 g/mol. The van der Waals surface area contributed by atoms with Gasteiger partial charge in [-0.2, -0.15) is 23.5 Å². The Bertz CT molecular complexity index is 315. The summed E-state index contributed by atoms with van der Waals surface area (Å²) in [6, 6.07) is 0. The van der Waals surface area contributed by atoms with E-state index in [0.29, 0.717) is 0 Å². The van der Waals surface area contributed by atoms with Crippen LogP contribution in [0.25, 0.3) is 0 Å². The molecule has 0 spiro atoms. The van der Waals surface area contributed by atoms with Crippen LogP contribution in [0.15, 0.2) is 0 Å². The number of phosphoric acid groups is 3. The maximum Gasteiger partial charge on any atom is 0.101 e. The van der Waals surface area contributed by atoms with Crippen molar-refractivity contribution in [1.82, 2.24) is 0 Å². The molecule has 0 aromatic carbocycles. The summed E-state index contributed by atoms with van der Waals surface area (Å²) in [7, 11) is -10.0. The first-order valence-corrected chi connectivity index (χ1v) is 9.05. The summed E-state index contributed by atoms with van der Waals surface area (Å²) in [4.78, 5) is 76.9. The van der Waals surface area contributed by atoms with E-state index >= 15 is 0 Å². The Hall–Kier alpha value is 0.250. The predicted molar refractivity (Wildman–Crippen MR) is 52.8 cm³/mol. The van der Waals surface area contributed by atoms with E-state index in [1.165, 1.54) is 0 Å². The molecule has 0 bridgehead atoms. The fraction of sp³-hybridized carbons (Fsp3) is 1.00. The smallest absolute Gasteiger partial charge is 0.101 e. The molecule has 0 fully saturated rings. The molecule has 0 saturated carbocycles. The average Bonchev–Trinajstić information content (AvgIpc) is 1.88. The number of quaternary nitrogens is 1. The van der Waals surface area contributed by atoms with Crippen molar-refractivity contribution < 1.29 is 67.3 Å². The van der Waals surface area contributed by atoms with E-state index in [4.69, 9.17) is 62.8 Å². The second kappa shape index (κ2) is 12.6. The predicted octanol–water partition coefficient (Wildman–Crippen LogP) is -8.79. The van der Waals surface area contributed by atoms with Gasteiger partial charge >= 0.3 is 0 Å². The number of aliphatic hydroxyl groups is 1. The van der Waals surface area contributed by atoms with Crippen LogP contribution in [0.3, 0.4) is 0 Å². The molecular weight excluding hydrogens is 375 g/mol. The first kappa shape index (κ1) is 30.2. The van der Waals surface area contributed by atoms with Gasteiger partial charge in [0.15, 0.2) is 0 Å². The normalized spacial score (nSPS) is 11.9. The molecular formula is C5H14NO13P3-8. The van der Waals surface area contributed by atoms with Crippen molar-refractivity contribution in [2.75, 3.05) is 34.3 Å². The number of hydrogen-bond acceptors (Lipinski definition) is 13. The number of rotatable bonds is 2. The van der Waals surface area contributed by atoms with Crippen molar-refractivity contribution in [3.8, 4) is 0 Å². The topological polar surface area (TPSA) is 279 Å². The highest BCUT2D eigenvalue weighted by Crippen LogP contribution is 2.04. The summed E-state index contributed by atoms with van der Waals surface area (Å²) in [5, 5.41) is 8.39. The van der Waals surface area contributed by atoms with E-state index in [1.54, 1.807) is 0 Å². The minimum atomic E-state index is -5.39. The largest absolute Gasteiger partial charge is 0.822 e. The zero-order chi connectivity index (χ0) is 19.4. The molecule has 0 aliphatic heterocycles. The molecule has 0 radical (unpaired) electrons. The zero-order valence-corrected chi connectivity index (χ0v) is 14.2. The molecule has 0 amide bonds. The molecule has 0 saturated heterocycles. The lowest BCUT2D eigenvalue weighted by Gasteiger charge is -2.36. The molecule has 0 aromatic rings. The van der Waals surface area contributed by atoms with Gasteiger partial charge in [0.1, 0.15) is 6.54 Å². The van der Waals surface area contributed by atoms with Crippen LogP contribution in [-0.4, -0.2) is 43.9 Å². The summed E-state index contributed by atoms with van der Waals surface area (Å²) in [5.41, 5.74) is 0. The quantitative estimate of drug-likeness (QED) is 0.339. The maximum atomic E-state index is 8.55. The maximum absolute atomic E-state index is 8.55. The highest BCUT2D eigenvalue weighted by atomic mass is 31.2. The Kier molecular flexibility index (Phi) is 17.3. The molecule has 0 rings (SSSR count). The Morgan fingerprint density at radius 1 is 0.682 bits per heavy atom. The summed E-state index contributed by atoms with van der Waals surface area (Å²) in [6.07, 6.45) is 0. The standard InChI is InChI=1S/C5H14NO.3H3O4P/c1-6(2,3)4-5-7;3*1-5(2,3)4/h7H,4-5H2,1-3H3;3*(H3,1,2,3,4)/q+1;;;/p-9. The van der Waals surface area contributed by atoms with E-state index in [0.717, 1.165) is 11.0 Å². The minimum absolute atomic E-state index is 0.281. The van der Waals surface area contributed by atoms with Gasteiger partial charge in [-0.15, -0.1) is 0 Å². The van der Waals surface area contributed by atoms with Crippen molar-refractivity contribution in [3.05, 3.63) is 0 Å². The van der Waals surface area contributed by atoms with Crippen LogP contribution in [0, 0.1) is 0 Å². The molecule has 0 aliphatic carbocycles. The Labute approximate surface area is 126 Å². The number of likely N-dealkylation sites (N-methyl/N-ethyl adjacent to an activating group) is 1. The molecule has 140 valence electrons. The number of aliphatic hydroxyl groups excluding tert-OH is 1. The van der Waals surface area contributed by atoms with Gasteiger partial charge in [0.25, 0.3) is 0 Å². The van der Waals surface area contributed by atoms with Crippen LogP contribution in [0.1, 0.15) is 0 Å². The van der Waals surface area contributed by atoms with Crippen LogP contribution >= 0.6 is 23.5 Å². The van der Waals surface area contributed by atoms with Crippen LogP contribution < -0.4 is 44.0 Å². The summed E-state index contributed by atoms with van der Waals surface area (Å²) >= 11 is 0. The van der Waals surface area contributed by atoms with Crippen molar-refractivity contribution in [1.29, 1.82) is 0 Å². The van der Waals surface area contributed by atoms with Gasteiger partial charge < -0.3 is 67.3 Å². The molecule has 0 atom stereocenters. The van der Waals surface area contributed by atoms with Gasteiger partial charge in [-0.1, -0.05) is 0 Å². The van der Waals surface area contributed by atoms with Crippen molar-refractivity contribution in [2.45, 2.75) is 0 Å². The van der Waals surface area contributed by atoms with Gasteiger partial charge in [0.05, 0.1) is 27.7 Å². The highest BCUT2D eigenvalue weighted by molar-refractivity contribution is 7.40. The summed E-state index contributed by atoms with van der Waals surface area (Å²) in [6.45, 7) is 1.11. The lowest BCUT2D eigenvalue weighted by atomic mass is 10.5.